The van der Waals surface area contributed by atoms with Crippen molar-refractivity contribution in [2.75, 3.05) is 9.80 Å². The third kappa shape index (κ3) is 9.27. The van der Waals surface area contributed by atoms with Gasteiger partial charge in [0.05, 0.1) is 35.0 Å². The molecule has 11 aliphatic rings. The van der Waals surface area contributed by atoms with E-state index >= 15 is 26.3 Å². The Hall–Kier alpha value is -7.76. The first-order valence-electron chi connectivity index (χ1n) is 32.0. The first-order chi connectivity index (χ1) is 43.3. The van der Waals surface area contributed by atoms with Gasteiger partial charge in [0, 0.05) is 52.9 Å². The van der Waals surface area contributed by atoms with Crippen LogP contribution in [0.2, 0.25) is 0 Å². The van der Waals surface area contributed by atoms with E-state index in [9.17, 15) is 8.78 Å². The van der Waals surface area contributed by atoms with Crippen LogP contribution in [-0.2, 0) is 15.6 Å². The molecule has 1 aliphatic heterocycles. The van der Waals surface area contributed by atoms with Crippen LogP contribution in [0.5, 0.6) is 0 Å². The van der Waals surface area contributed by atoms with Gasteiger partial charge in [0.2, 0.25) is 0 Å². The van der Waals surface area contributed by atoms with Gasteiger partial charge in [-0.15, -0.1) is 6.58 Å². The number of halogens is 8. The van der Waals surface area contributed by atoms with E-state index in [1.165, 1.54) is 46.6 Å². The fourth-order valence-corrected chi connectivity index (χ4v) is 17.6. The van der Waals surface area contributed by atoms with Crippen molar-refractivity contribution in [1.29, 1.82) is 0 Å². The van der Waals surface area contributed by atoms with Gasteiger partial charge in [-0.3, -0.25) is 0 Å². The van der Waals surface area contributed by atoms with Gasteiger partial charge < -0.3 is 14.5 Å². The summed E-state index contributed by atoms with van der Waals surface area (Å²) in [5.74, 6) is -4.26. The highest BCUT2D eigenvalue weighted by Crippen LogP contribution is 2.63. The Morgan fingerprint density at radius 3 is 2.20 bits per heavy atom. The van der Waals surface area contributed by atoms with Crippen LogP contribution in [0.15, 0.2) is 239 Å². The number of anilines is 2. The second-order valence-corrected chi connectivity index (χ2v) is 26.0. The lowest BCUT2D eigenvalue weighted by Gasteiger charge is -2.44. The third-order valence-electron chi connectivity index (χ3n) is 21.6. The van der Waals surface area contributed by atoms with E-state index in [1.54, 1.807) is 4.90 Å². The molecule has 1 saturated heterocycles. The van der Waals surface area contributed by atoms with Crippen LogP contribution in [0.4, 0.5) is 46.5 Å². The normalized spacial score (nSPS) is 31.6. The Morgan fingerprint density at radius 2 is 1.45 bits per heavy atom. The standard InChI is InChI=1S/C78H70F8N2O/c1-3-45-13-17-47(18-14-45)77(49-21-25-51(79)26-22-49)63-11-7-5-9-57(63)59-33-29-53(37-65(59)77)87(73-43-69(83)67(81)41-71(73)85)55-31-35-61-62-36-32-56(40-76(62)89-75(61)39-55)88(74-44-70(84)68(82)42-72(74)86)54-30-34-60-58-10-6-8-12-64(58)78(66(60)38-54,50-23-27-52(80)28-24-50)48-19-15-46(4-2)16-20-48/h3-5,9,13,15,17-18,21-28,30-32,34-38,40-41,43-45,48,55,61-62,68,70,72,75-76H,1-2,6-8,10-12,14,16,19-20,29,33,39,42H2. The summed E-state index contributed by atoms with van der Waals surface area (Å²) in [4.78, 5) is 3.56. The van der Waals surface area contributed by atoms with Gasteiger partial charge in [0.15, 0.2) is 17.8 Å². The van der Waals surface area contributed by atoms with Gasteiger partial charge in [0.25, 0.3) is 0 Å². The summed E-state index contributed by atoms with van der Waals surface area (Å²) in [6, 6.07) is 20.7. The molecule has 12 atom stereocenters. The Bertz CT molecular complexity index is 4020. The lowest BCUT2D eigenvalue weighted by Crippen LogP contribution is -2.41. The van der Waals surface area contributed by atoms with Crippen LogP contribution in [0.25, 0.3) is 5.57 Å². The summed E-state index contributed by atoms with van der Waals surface area (Å²) in [5.41, 5.74) is 13.5. The number of benzene rings is 4. The predicted molar refractivity (Wildman–Crippen MR) is 337 cm³/mol. The summed E-state index contributed by atoms with van der Waals surface area (Å²) in [6.45, 7) is 8.14. The minimum atomic E-state index is -2.05. The molecule has 0 saturated carbocycles. The number of alkyl halides is 3. The average molecular weight is 1200 g/mol. The predicted octanol–water partition coefficient (Wildman–Crippen LogP) is 19.6. The first-order valence-corrected chi connectivity index (χ1v) is 32.0. The molecule has 4 aromatic rings. The number of nitrogens with zero attached hydrogens (tertiary/aromatic N) is 2. The Labute approximate surface area is 516 Å². The minimum absolute atomic E-state index is 0.00633. The van der Waals surface area contributed by atoms with Gasteiger partial charge >= 0.3 is 0 Å². The largest absolute Gasteiger partial charge is 0.369 e. The number of allylic oxidation sites excluding steroid dienone is 21. The number of ether oxygens (including phenoxy) is 1. The maximum atomic E-state index is 16.9. The highest BCUT2D eigenvalue weighted by atomic mass is 19.2. The van der Waals surface area contributed by atoms with Crippen molar-refractivity contribution in [1.82, 2.24) is 0 Å². The second-order valence-electron chi connectivity index (χ2n) is 26.0. The summed E-state index contributed by atoms with van der Waals surface area (Å²) >= 11 is 0. The van der Waals surface area contributed by atoms with Crippen molar-refractivity contribution in [3.63, 3.8) is 0 Å². The van der Waals surface area contributed by atoms with Crippen LogP contribution in [-0.4, -0.2) is 36.8 Å². The highest BCUT2D eigenvalue weighted by Gasteiger charge is 2.54. The van der Waals surface area contributed by atoms with E-state index in [-0.39, 0.29) is 46.7 Å². The van der Waals surface area contributed by atoms with Crippen molar-refractivity contribution in [2.45, 2.75) is 137 Å². The van der Waals surface area contributed by atoms with E-state index in [2.05, 4.69) is 80.0 Å². The summed E-state index contributed by atoms with van der Waals surface area (Å²) in [5, 5.41) is 0. The molecule has 89 heavy (non-hydrogen) atoms. The molecule has 3 nitrogen and oxygen atoms in total. The summed E-state index contributed by atoms with van der Waals surface area (Å²) < 4.78 is 133. The lowest BCUT2D eigenvalue weighted by atomic mass is 9.58. The van der Waals surface area contributed by atoms with Crippen LogP contribution < -0.4 is 9.80 Å². The molecule has 0 spiro atoms. The molecular formula is C78H70F8N2O. The molecule has 1 fully saturated rings. The molecule has 0 N–H and O–H groups in total. The summed E-state index contributed by atoms with van der Waals surface area (Å²) in [7, 11) is 0. The molecule has 4 aromatic carbocycles. The zero-order valence-corrected chi connectivity index (χ0v) is 49.6. The van der Waals surface area contributed by atoms with Crippen molar-refractivity contribution in [2.24, 2.45) is 23.7 Å². The number of hydrogen-bond acceptors (Lipinski definition) is 3. The molecule has 10 aliphatic carbocycles. The topological polar surface area (TPSA) is 15.7 Å². The molecule has 0 amide bonds. The van der Waals surface area contributed by atoms with E-state index < -0.39 is 71.5 Å². The monoisotopic (exact) mass is 1200 g/mol. The Balaban J connectivity index is 0.808. The molecule has 0 bridgehead atoms. The quantitative estimate of drug-likeness (QED) is 0.0799. The maximum Gasteiger partial charge on any atom is 0.161 e. The second kappa shape index (κ2) is 22.6. The van der Waals surface area contributed by atoms with E-state index in [0.29, 0.717) is 42.4 Å². The van der Waals surface area contributed by atoms with Gasteiger partial charge in [-0.05, 0) is 212 Å². The van der Waals surface area contributed by atoms with E-state index in [1.807, 2.05) is 65.6 Å². The van der Waals surface area contributed by atoms with Gasteiger partial charge in [0.1, 0.15) is 29.8 Å². The molecule has 15 rings (SSSR count). The van der Waals surface area contributed by atoms with E-state index in [0.717, 1.165) is 121 Å². The fourth-order valence-electron chi connectivity index (χ4n) is 17.6. The van der Waals surface area contributed by atoms with Crippen molar-refractivity contribution in [3.8, 4) is 0 Å². The molecule has 1 heterocycles. The molecule has 12 unspecified atom stereocenters. The first kappa shape index (κ1) is 57.7. The van der Waals surface area contributed by atoms with Crippen LogP contribution >= 0.6 is 0 Å². The maximum absolute atomic E-state index is 16.9. The number of hydrogen-bond donors (Lipinski definition) is 0. The van der Waals surface area contributed by atoms with Crippen LogP contribution in [0.3, 0.4) is 0 Å². The summed E-state index contributed by atoms with van der Waals surface area (Å²) in [6.07, 6.45) is 32.6. The lowest BCUT2D eigenvalue weighted by molar-refractivity contribution is 0.0494. The molecule has 0 aromatic heterocycles. The fraction of sp³-hybridized carbons (Fsp3) is 0.333. The molecular weight excluding hydrogens is 1130 g/mol. The van der Waals surface area contributed by atoms with Gasteiger partial charge in [-0.1, -0.05) is 115 Å². The minimum Gasteiger partial charge on any atom is -0.369 e. The number of rotatable bonds is 12. The highest BCUT2D eigenvalue weighted by molar-refractivity contribution is 5.86. The van der Waals surface area contributed by atoms with Crippen molar-refractivity contribution in [3.05, 3.63) is 291 Å². The Morgan fingerprint density at radius 1 is 0.663 bits per heavy atom. The third-order valence-corrected chi connectivity index (χ3v) is 21.6. The molecule has 454 valence electrons. The zero-order valence-electron chi connectivity index (χ0n) is 49.6. The van der Waals surface area contributed by atoms with Gasteiger partial charge in [-0.25, -0.2) is 35.1 Å². The zero-order chi connectivity index (χ0) is 61.0. The van der Waals surface area contributed by atoms with E-state index in [4.69, 9.17) is 4.74 Å². The van der Waals surface area contributed by atoms with Crippen molar-refractivity contribution < 1.29 is 39.9 Å². The van der Waals surface area contributed by atoms with Crippen LogP contribution in [0, 0.1) is 52.8 Å². The van der Waals surface area contributed by atoms with Crippen LogP contribution in [0.1, 0.15) is 112 Å². The van der Waals surface area contributed by atoms with Crippen molar-refractivity contribution >= 4 is 16.9 Å². The molecule has 11 heteroatoms. The molecule has 0 radical (unpaired) electrons. The SMILES string of the molecule is C=CC1=CCC(C2(c3ccc(F)cc3)C3=C(CCCC3)c3ccc(N(C4=CC5OC6CC(N(C7=CC8=C(CC7)C7=C(CCC=C7)C8(C7=CCC(C=C)C=C7)c7ccc(F)cc7)c7cc(F)c(F)cc7F)C=CC6C5C=C4)C4=CC(F)C(F)CC4F)cc32)CC1. The average Bonchev–Trinajstić information content (AvgIpc) is 1.58. The number of fused-ring (bicyclic) bond motifs is 6. The van der Waals surface area contributed by atoms with Gasteiger partial charge in [-0.2, -0.15) is 0 Å². The Kier molecular flexibility index (Phi) is 14.7. The smallest absolute Gasteiger partial charge is 0.161 e.